The van der Waals surface area contributed by atoms with E-state index in [9.17, 15) is 9.59 Å². The Morgan fingerprint density at radius 2 is 2.10 bits per heavy atom. The fourth-order valence-corrected chi connectivity index (χ4v) is 4.47. The lowest BCUT2D eigenvalue weighted by Crippen LogP contribution is -2.56. The van der Waals surface area contributed by atoms with Gasteiger partial charge in [-0.1, -0.05) is 35.3 Å². The van der Waals surface area contributed by atoms with Crippen LogP contribution in [0.1, 0.15) is 29.7 Å². The number of fused-ring (bicyclic) bond motifs is 2. The minimum atomic E-state index is -2.32. The molecule has 0 radical (unpaired) electrons. The molecule has 2 amide bonds. The van der Waals surface area contributed by atoms with Crippen LogP contribution in [0.2, 0.25) is 10.0 Å². The molecule has 1 aromatic heterocycles. The highest BCUT2D eigenvalue weighted by molar-refractivity contribution is 6.35. The van der Waals surface area contributed by atoms with Crippen LogP contribution in [0, 0.1) is 0 Å². The van der Waals surface area contributed by atoms with Gasteiger partial charge in [0.05, 0.1) is 12.2 Å². The number of hydrogen-bond donors (Lipinski definition) is 1. The monoisotopic (exact) mass is 437 g/mol. The molecule has 29 heavy (non-hydrogen) atoms. The molecule has 0 saturated carbocycles. The Hall–Kier alpha value is -2.22. The number of halogens is 3. The van der Waals surface area contributed by atoms with Gasteiger partial charge in [0.25, 0.3) is 5.91 Å². The molecule has 2 atom stereocenters. The van der Waals surface area contributed by atoms with Gasteiger partial charge in [-0.25, -0.2) is 4.39 Å². The number of carbonyl (C=O) groups excluding carboxylic acids is 2. The number of nitrogens with two attached hydrogens (primary N) is 1. The van der Waals surface area contributed by atoms with E-state index in [4.69, 9.17) is 33.7 Å². The molecule has 1 fully saturated rings. The van der Waals surface area contributed by atoms with E-state index < -0.39 is 17.2 Å². The maximum Gasteiger partial charge on any atom is 0.259 e. The third-order valence-electron chi connectivity index (χ3n) is 5.58. The smallest absolute Gasteiger partial charge is 0.259 e. The number of benzene rings is 1. The molecule has 9 heteroatoms. The molecule has 2 aliphatic rings. The number of nitrogens with zero attached hydrogens (tertiary/aromatic N) is 2. The highest BCUT2D eigenvalue weighted by Gasteiger charge is 2.54. The topological polar surface area (TPSA) is 85.5 Å². The maximum atomic E-state index is 15.4. The molecule has 0 unspecified atom stereocenters. The minimum Gasteiger partial charge on any atom is -0.367 e. The summed E-state index contributed by atoms with van der Waals surface area (Å²) in [6.45, 7) is 0.222. The van der Waals surface area contributed by atoms with E-state index in [1.807, 2.05) is 0 Å². The van der Waals surface area contributed by atoms with Crippen molar-refractivity contribution in [1.82, 2.24) is 9.88 Å². The Kier molecular flexibility index (Phi) is 5.01. The fourth-order valence-electron chi connectivity index (χ4n) is 4.00. The number of pyridine rings is 1. The molecule has 2 heterocycles. The predicted molar refractivity (Wildman–Crippen MR) is 105 cm³/mol. The fraction of sp³-hybridized carbons (Fsp3) is 0.350. The van der Waals surface area contributed by atoms with Gasteiger partial charge < -0.3 is 15.4 Å². The van der Waals surface area contributed by atoms with Crippen molar-refractivity contribution in [3.8, 4) is 0 Å². The van der Waals surface area contributed by atoms with E-state index >= 15 is 4.39 Å². The number of ether oxygens (including phenoxy) is 1. The van der Waals surface area contributed by atoms with Crippen LogP contribution in [0.15, 0.2) is 36.5 Å². The zero-order chi connectivity index (χ0) is 20.8. The van der Waals surface area contributed by atoms with Crippen molar-refractivity contribution in [2.24, 2.45) is 5.73 Å². The first kappa shape index (κ1) is 20.1. The Bertz CT molecular complexity index is 1000. The van der Waals surface area contributed by atoms with Crippen LogP contribution in [0.3, 0.4) is 0 Å². The lowest BCUT2D eigenvalue weighted by atomic mass is 9.73. The van der Waals surface area contributed by atoms with Crippen LogP contribution in [-0.4, -0.2) is 34.8 Å². The van der Waals surface area contributed by atoms with Crippen molar-refractivity contribution in [3.63, 3.8) is 0 Å². The highest BCUT2D eigenvalue weighted by Crippen LogP contribution is 2.48. The van der Waals surface area contributed by atoms with Gasteiger partial charge in [-0.3, -0.25) is 14.6 Å². The number of hydrogen-bond acceptors (Lipinski definition) is 4. The van der Waals surface area contributed by atoms with Crippen LogP contribution < -0.4 is 5.73 Å². The summed E-state index contributed by atoms with van der Waals surface area (Å²) in [5, 5.41) is 0.948. The average Bonchev–Trinajstić information content (AvgIpc) is 2.70. The molecule has 2 aromatic rings. The summed E-state index contributed by atoms with van der Waals surface area (Å²) < 4.78 is 21.3. The predicted octanol–water partition coefficient (Wildman–Crippen LogP) is 3.09. The second-order valence-electron chi connectivity index (χ2n) is 7.33. The normalized spacial score (nSPS) is 26.4. The average molecular weight is 438 g/mol. The van der Waals surface area contributed by atoms with E-state index in [-0.39, 0.29) is 44.0 Å². The van der Waals surface area contributed by atoms with E-state index in [0.717, 1.165) is 5.56 Å². The van der Waals surface area contributed by atoms with Gasteiger partial charge in [-0.05, 0) is 36.6 Å². The van der Waals surface area contributed by atoms with Crippen LogP contribution in [0.4, 0.5) is 4.39 Å². The summed E-state index contributed by atoms with van der Waals surface area (Å²) in [6.07, 6.45) is 1.52. The molecule has 152 valence electrons. The Balaban J connectivity index is 1.69. The summed E-state index contributed by atoms with van der Waals surface area (Å²) in [4.78, 5) is 30.3. The summed E-state index contributed by atoms with van der Waals surface area (Å²) >= 11 is 12.2. The van der Waals surface area contributed by atoms with Crippen molar-refractivity contribution in [1.29, 1.82) is 0 Å². The molecule has 6 nitrogen and oxygen atoms in total. The van der Waals surface area contributed by atoms with Gasteiger partial charge in [-0.2, -0.15) is 0 Å². The molecule has 4 rings (SSSR count). The molecule has 1 aliphatic heterocycles. The van der Waals surface area contributed by atoms with Gasteiger partial charge >= 0.3 is 0 Å². The SMILES string of the molecule is NC(=O)[C@@]1(F)CC[C@]2(CN(Cc3ccc(Cl)cc3Cl)C(=O)CO2)c2ncccc21. The zero-order valence-corrected chi connectivity index (χ0v) is 16.8. The van der Waals surface area contributed by atoms with E-state index in [0.29, 0.717) is 15.7 Å². The van der Waals surface area contributed by atoms with Crippen molar-refractivity contribution in [2.45, 2.75) is 30.7 Å². The Labute approximate surface area is 176 Å². The van der Waals surface area contributed by atoms with Crippen molar-refractivity contribution in [3.05, 3.63) is 63.4 Å². The van der Waals surface area contributed by atoms with E-state index in [2.05, 4.69) is 4.98 Å². The number of rotatable bonds is 3. The number of aromatic nitrogens is 1. The summed E-state index contributed by atoms with van der Waals surface area (Å²) in [5.41, 5.74) is 3.13. The number of amides is 2. The van der Waals surface area contributed by atoms with Crippen molar-refractivity contribution >= 4 is 35.0 Å². The van der Waals surface area contributed by atoms with Crippen molar-refractivity contribution in [2.75, 3.05) is 13.2 Å². The summed E-state index contributed by atoms with van der Waals surface area (Å²) in [5.74, 6) is -1.27. The lowest BCUT2D eigenvalue weighted by Gasteiger charge is -2.47. The van der Waals surface area contributed by atoms with Gasteiger partial charge in [-0.15, -0.1) is 0 Å². The Morgan fingerprint density at radius 1 is 1.31 bits per heavy atom. The first-order valence-corrected chi connectivity index (χ1v) is 9.81. The molecule has 1 aromatic carbocycles. The van der Waals surface area contributed by atoms with Crippen LogP contribution in [0.25, 0.3) is 0 Å². The first-order valence-electron chi connectivity index (χ1n) is 9.06. The Morgan fingerprint density at radius 3 is 2.83 bits per heavy atom. The second kappa shape index (κ2) is 7.23. The number of carbonyl (C=O) groups is 2. The van der Waals surface area contributed by atoms with E-state index in [1.165, 1.54) is 12.3 Å². The quantitative estimate of drug-likeness (QED) is 0.798. The molecule has 1 saturated heterocycles. The number of alkyl halides is 1. The van der Waals surface area contributed by atoms with Crippen LogP contribution in [-0.2, 0) is 32.1 Å². The third-order valence-corrected chi connectivity index (χ3v) is 6.16. The largest absolute Gasteiger partial charge is 0.367 e. The number of primary amides is 1. The molecular weight excluding hydrogens is 420 g/mol. The van der Waals surface area contributed by atoms with Gasteiger partial charge in [0.2, 0.25) is 11.6 Å². The summed E-state index contributed by atoms with van der Waals surface area (Å²) in [6, 6.07) is 8.11. The highest BCUT2D eigenvalue weighted by atomic mass is 35.5. The standard InChI is InChI=1S/C20H18Cl2FN3O3/c21-13-4-3-12(15(22)8-13)9-26-11-19(29-10-16(26)27)5-6-20(23,18(24)28)14-2-1-7-25-17(14)19/h1-4,7-8H,5-6,9-11H2,(H2,24,28)/t19-,20+/m0/s1. The van der Waals surface area contributed by atoms with Crippen LogP contribution >= 0.6 is 23.2 Å². The second-order valence-corrected chi connectivity index (χ2v) is 8.18. The first-order chi connectivity index (χ1) is 13.7. The molecule has 2 N–H and O–H groups in total. The molecular formula is C20H18Cl2FN3O3. The summed E-state index contributed by atoms with van der Waals surface area (Å²) in [7, 11) is 0. The number of morpholine rings is 1. The molecule has 1 spiro atoms. The van der Waals surface area contributed by atoms with Crippen LogP contribution in [0.5, 0.6) is 0 Å². The zero-order valence-electron chi connectivity index (χ0n) is 15.3. The minimum absolute atomic E-state index is 0.0950. The van der Waals surface area contributed by atoms with Gasteiger partial charge in [0.15, 0.2) is 0 Å². The van der Waals surface area contributed by atoms with Gasteiger partial charge in [0, 0.05) is 28.4 Å². The van der Waals surface area contributed by atoms with Gasteiger partial charge in [0.1, 0.15) is 12.2 Å². The third kappa shape index (κ3) is 3.37. The molecule has 1 aliphatic carbocycles. The molecule has 0 bridgehead atoms. The maximum absolute atomic E-state index is 15.4. The lowest BCUT2D eigenvalue weighted by molar-refractivity contribution is -0.174. The van der Waals surface area contributed by atoms with Crippen molar-refractivity contribution < 1.29 is 18.7 Å². The van der Waals surface area contributed by atoms with E-state index in [1.54, 1.807) is 29.2 Å².